The molecule has 0 N–H and O–H groups in total. The molecule has 15 heavy (non-hydrogen) atoms. The van der Waals surface area contributed by atoms with Gasteiger partial charge >= 0.3 is 0 Å². The van der Waals surface area contributed by atoms with Gasteiger partial charge in [-0.2, -0.15) is 0 Å². The molecule has 0 heteroatoms. The SMILES string of the molecule is Cc1cc2c3c(c1C)CCCC3CCC2. The smallest absolute Gasteiger partial charge is 0.0156 e. The highest BCUT2D eigenvalue weighted by Gasteiger charge is 2.27. The number of benzene rings is 1. The largest absolute Gasteiger partial charge is 0.0555 e. The molecular formula is C15H20. The fourth-order valence-corrected chi connectivity index (χ4v) is 3.62. The van der Waals surface area contributed by atoms with Gasteiger partial charge in [-0.15, -0.1) is 0 Å². The lowest BCUT2D eigenvalue weighted by molar-refractivity contribution is 0.475. The van der Waals surface area contributed by atoms with E-state index in [0.29, 0.717) is 0 Å². The van der Waals surface area contributed by atoms with Gasteiger partial charge in [-0.3, -0.25) is 0 Å². The fraction of sp³-hybridized carbons (Fsp3) is 0.600. The topological polar surface area (TPSA) is 0 Å². The zero-order chi connectivity index (χ0) is 10.4. The van der Waals surface area contributed by atoms with Crippen LogP contribution in [0.25, 0.3) is 0 Å². The molecule has 0 amide bonds. The maximum Gasteiger partial charge on any atom is -0.0156 e. The van der Waals surface area contributed by atoms with Crippen LogP contribution in [-0.4, -0.2) is 0 Å². The first-order chi connectivity index (χ1) is 7.27. The van der Waals surface area contributed by atoms with Crippen LogP contribution >= 0.6 is 0 Å². The highest BCUT2D eigenvalue weighted by atomic mass is 14.3. The molecule has 1 aromatic carbocycles. The van der Waals surface area contributed by atoms with Crippen LogP contribution in [-0.2, 0) is 12.8 Å². The van der Waals surface area contributed by atoms with Gasteiger partial charge in [0.05, 0.1) is 0 Å². The Balaban J connectivity index is 2.25. The zero-order valence-electron chi connectivity index (χ0n) is 9.90. The summed E-state index contributed by atoms with van der Waals surface area (Å²) in [4.78, 5) is 0. The number of rotatable bonds is 0. The van der Waals surface area contributed by atoms with Gasteiger partial charge in [0, 0.05) is 0 Å². The maximum atomic E-state index is 2.46. The molecule has 0 radical (unpaired) electrons. The summed E-state index contributed by atoms with van der Waals surface area (Å²) in [6.45, 7) is 4.60. The molecule has 80 valence electrons. The van der Waals surface area contributed by atoms with Gasteiger partial charge < -0.3 is 0 Å². The summed E-state index contributed by atoms with van der Waals surface area (Å²) in [6, 6.07) is 2.46. The van der Waals surface area contributed by atoms with Crippen molar-refractivity contribution in [1.82, 2.24) is 0 Å². The third-order valence-corrected chi connectivity index (χ3v) is 4.49. The predicted molar refractivity (Wildman–Crippen MR) is 64.5 cm³/mol. The summed E-state index contributed by atoms with van der Waals surface area (Å²) in [5, 5.41) is 0. The Hall–Kier alpha value is -0.780. The highest BCUT2D eigenvalue weighted by molar-refractivity contribution is 5.49. The molecule has 3 rings (SSSR count). The van der Waals surface area contributed by atoms with E-state index in [2.05, 4.69) is 19.9 Å². The van der Waals surface area contributed by atoms with Crippen molar-refractivity contribution in [3.05, 3.63) is 33.9 Å². The Bertz CT molecular complexity index is 399. The lowest BCUT2D eigenvalue weighted by atomic mass is 9.71. The quantitative estimate of drug-likeness (QED) is 0.592. The van der Waals surface area contributed by atoms with Gasteiger partial charge in [0.2, 0.25) is 0 Å². The van der Waals surface area contributed by atoms with Crippen molar-refractivity contribution in [2.75, 3.05) is 0 Å². The lowest BCUT2D eigenvalue weighted by Gasteiger charge is -2.33. The van der Waals surface area contributed by atoms with Crippen LogP contribution in [0.4, 0.5) is 0 Å². The minimum absolute atomic E-state index is 0.914. The van der Waals surface area contributed by atoms with Gasteiger partial charge in [-0.25, -0.2) is 0 Å². The molecule has 1 unspecified atom stereocenters. The molecule has 2 aliphatic carbocycles. The maximum absolute atomic E-state index is 2.46. The van der Waals surface area contributed by atoms with Crippen LogP contribution in [0, 0.1) is 13.8 Å². The molecule has 2 aliphatic rings. The zero-order valence-corrected chi connectivity index (χ0v) is 9.90. The molecule has 0 bridgehead atoms. The van der Waals surface area contributed by atoms with Crippen LogP contribution in [0.2, 0.25) is 0 Å². The minimum atomic E-state index is 0.914. The third kappa shape index (κ3) is 1.34. The van der Waals surface area contributed by atoms with E-state index in [1.54, 1.807) is 22.3 Å². The van der Waals surface area contributed by atoms with E-state index >= 15 is 0 Å². The van der Waals surface area contributed by atoms with Gasteiger partial charge in [-0.1, -0.05) is 6.07 Å². The standard InChI is InChI=1S/C15H20/c1-10-9-13-7-3-5-12-6-4-8-14(11(10)2)15(12)13/h9,12H,3-8H2,1-2H3. The number of hydrogen-bond acceptors (Lipinski definition) is 0. The second kappa shape index (κ2) is 3.37. The van der Waals surface area contributed by atoms with Crippen LogP contribution < -0.4 is 0 Å². The average Bonchev–Trinajstić information content (AvgIpc) is 2.26. The van der Waals surface area contributed by atoms with Crippen molar-refractivity contribution >= 4 is 0 Å². The highest BCUT2D eigenvalue weighted by Crippen LogP contribution is 2.42. The van der Waals surface area contributed by atoms with E-state index < -0.39 is 0 Å². The monoisotopic (exact) mass is 200 g/mol. The van der Waals surface area contributed by atoms with Gasteiger partial charge in [0.15, 0.2) is 0 Å². The first kappa shape index (κ1) is 9.45. The summed E-state index contributed by atoms with van der Waals surface area (Å²) in [5.74, 6) is 0.914. The lowest BCUT2D eigenvalue weighted by Crippen LogP contribution is -2.18. The first-order valence-electron chi connectivity index (χ1n) is 6.39. The molecule has 0 nitrogen and oxygen atoms in total. The van der Waals surface area contributed by atoms with Crippen LogP contribution in [0.15, 0.2) is 6.07 Å². The fourth-order valence-electron chi connectivity index (χ4n) is 3.62. The van der Waals surface area contributed by atoms with E-state index in [4.69, 9.17) is 0 Å². The minimum Gasteiger partial charge on any atom is -0.0555 e. The van der Waals surface area contributed by atoms with Gasteiger partial charge in [-0.05, 0) is 86.1 Å². The summed E-state index contributed by atoms with van der Waals surface area (Å²) in [7, 11) is 0. The first-order valence-corrected chi connectivity index (χ1v) is 6.39. The number of hydrogen-bond donors (Lipinski definition) is 0. The average molecular weight is 200 g/mol. The molecule has 0 saturated carbocycles. The van der Waals surface area contributed by atoms with E-state index in [-0.39, 0.29) is 0 Å². The molecule has 1 atom stereocenters. The second-order valence-corrected chi connectivity index (χ2v) is 5.35. The Morgan fingerprint density at radius 1 is 1.07 bits per heavy atom. The summed E-state index contributed by atoms with van der Waals surface area (Å²) >= 11 is 0. The van der Waals surface area contributed by atoms with Crippen molar-refractivity contribution in [2.45, 2.75) is 58.3 Å². The van der Waals surface area contributed by atoms with Crippen LogP contribution in [0.1, 0.15) is 59.4 Å². The van der Waals surface area contributed by atoms with Crippen LogP contribution in [0.3, 0.4) is 0 Å². The normalized spacial score (nSPS) is 23.7. The van der Waals surface area contributed by atoms with E-state index in [9.17, 15) is 0 Å². The van der Waals surface area contributed by atoms with Crippen molar-refractivity contribution in [3.8, 4) is 0 Å². The number of aryl methyl sites for hydroxylation is 2. The van der Waals surface area contributed by atoms with E-state index in [1.807, 2.05) is 0 Å². The molecule has 1 aromatic rings. The predicted octanol–water partition coefficient (Wildman–Crippen LogP) is 4.06. The van der Waals surface area contributed by atoms with Crippen molar-refractivity contribution in [1.29, 1.82) is 0 Å². The molecule has 0 fully saturated rings. The summed E-state index contributed by atoms with van der Waals surface area (Å²) in [6.07, 6.45) is 8.40. The molecule has 0 aliphatic heterocycles. The van der Waals surface area contributed by atoms with Gasteiger partial charge in [0.1, 0.15) is 0 Å². The van der Waals surface area contributed by atoms with E-state index in [0.717, 1.165) is 5.92 Å². The van der Waals surface area contributed by atoms with Crippen LogP contribution in [0.5, 0.6) is 0 Å². The van der Waals surface area contributed by atoms with Crippen molar-refractivity contribution in [2.24, 2.45) is 0 Å². The Morgan fingerprint density at radius 2 is 1.80 bits per heavy atom. The third-order valence-electron chi connectivity index (χ3n) is 4.49. The Kier molecular flexibility index (Phi) is 2.12. The Labute approximate surface area is 92.7 Å². The molecule has 0 saturated heterocycles. The molecule has 0 heterocycles. The molecular weight excluding hydrogens is 180 g/mol. The van der Waals surface area contributed by atoms with E-state index in [1.165, 1.54) is 44.1 Å². The summed E-state index contributed by atoms with van der Waals surface area (Å²) in [5.41, 5.74) is 8.28. The molecule has 0 aromatic heterocycles. The van der Waals surface area contributed by atoms with Crippen molar-refractivity contribution < 1.29 is 0 Å². The Morgan fingerprint density at radius 3 is 2.60 bits per heavy atom. The van der Waals surface area contributed by atoms with Gasteiger partial charge in [0.25, 0.3) is 0 Å². The van der Waals surface area contributed by atoms with Crippen molar-refractivity contribution in [3.63, 3.8) is 0 Å². The summed E-state index contributed by atoms with van der Waals surface area (Å²) < 4.78 is 0. The second-order valence-electron chi connectivity index (χ2n) is 5.35. The molecule has 0 spiro atoms.